The zero-order valence-electron chi connectivity index (χ0n) is 16.1. The summed E-state index contributed by atoms with van der Waals surface area (Å²) in [6.07, 6.45) is 1.33. The molecule has 2 rings (SSSR count). The van der Waals surface area contributed by atoms with Crippen LogP contribution < -0.4 is 10.1 Å². The lowest BCUT2D eigenvalue weighted by molar-refractivity contribution is -0.146. The maximum atomic E-state index is 13.2. The third kappa shape index (κ3) is 7.51. The Bertz CT molecular complexity index is 622. The van der Waals surface area contributed by atoms with E-state index in [-0.39, 0.29) is 47.8 Å². The fourth-order valence-corrected chi connectivity index (χ4v) is 2.94. The van der Waals surface area contributed by atoms with Crippen molar-refractivity contribution in [3.63, 3.8) is 0 Å². The Kier molecular flexibility index (Phi) is 10.4. The molecule has 1 aliphatic heterocycles. The van der Waals surface area contributed by atoms with Gasteiger partial charge >= 0.3 is 5.97 Å². The van der Waals surface area contributed by atoms with Gasteiger partial charge in [-0.15, -0.1) is 24.0 Å². The SMILES string of the molecule is CCNC(=NCC(C)Oc1cccc(F)c1)N1CCC(C(=O)OC)CC1.I. The van der Waals surface area contributed by atoms with Gasteiger partial charge in [0.15, 0.2) is 5.96 Å². The van der Waals surface area contributed by atoms with Gasteiger partial charge in [-0.3, -0.25) is 4.79 Å². The lowest BCUT2D eigenvalue weighted by Gasteiger charge is -2.33. The lowest BCUT2D eigenvalue weighted by Crippen LogP contribution is -2.47. The average molecular weight is 493 g/mol. The predicted molar refractivity (Wildman–Crippen MR) is 114 cm³/mol. The number of methoxy groups -OCH3 is 1. The van der Waals surface area contributed by atoms with E-state index < -0.39 is 0 Å². The van der Waals surface area contributed by atoms with Crippen molar-refractivity contribution in [3.05, 3.63) is 30.1 Å². The number of hydrogen-bond acceptors (Lipinski definition) is 4. The predicted octanol–water partition coefficient (Wildman–Crippen LogP) is 3.06. The van der Waals surface area contributed by atoms with Crippen LogP contribution in [0.25, 0.3) is 0 Å². The number of esters is 1. The van der Waals surface area contributed by atoms with Gasteiger partial charge < -0.3 is 19.7 Å². The van der Waals surface area contributed by atoms with Crippen LogP contribution in [0, 0.1) is 11.7 Å². The van der Waals surface area contributed by atoms with Gasteiger partial charge in [-0.1, -0.05) is 6.07 Å². The molecule has 1 aliphatic rings. The van der Waals surface area contributed by atoms with Gasteiger partial charge in [0.05, 0.1) is 19.6 Å². The van der Waals surface area contributed by atoms with Gasteiger partial charge in [-0.2, -0.15) is 0 Å². The molecule has 1 atom stereocenters. The van der Waals surface area contributed by atoms with Crippen molar-refractivity contribution in [2.45, 2.75) is 32.8 Å². The molecule has 1 heterocycles. The second-order valence-electron chi connectivity index (χ2n) is 6.36. The van der Waals surface area contributed by atoms with E-state index in [1.54, 1.807) is 12.1 Å². The summed E-state index contributed by atoms with van der Waals surface area (Å²) in [6, 6.07) is 6.10. The zero-order chi connectivity index (χ0) is 18.9. The number of carbonyl (C=O) groups excluding carboxylic acids is 1. The van der Waals surface area contributed by atoms with Crippen LogP contribution in [-0.4, -0.2) is 56.2 Å². The van der Waals surface area contributed by atoms with Gasteiger partial charge in [0.25, 0.3) is 0 Å². The van der Waals surface area contributed by atoms with Crippen LogP contribution in [0.2, 0.25) is 0 Å². The van der Waals surface area contributed by atoms with E-state index in [0.717, 1.165) is 38.4 Å². The van der Waals surface area contributed by atoms with Crippen LogP contribution in [0.3, 0.4) is 0 Å². The maximum absolute atomic E-state index is 13.2. The first-order chi connectivity index (χ1) is 12.5. The van der Waals surface area contributed by atoms with Crippen molar-refractivity contribution in [2.75, 3.05) is 33.3 Å². The van der Waals surface area contributed by atoms with Crippen molar-refractivity contribution in [3.8, 4) is 5.75 Å². The average Bonchev–Trinajstić information content (AvgIpc) is 2.64. The molecule has 6 nitrogen and oxygen atoms in total. The second kappa shape index (κ2) is 12.0. The molecule has 27 heavy (non-hydrogen) atoms. The minimum Gasteiger partial charge on any atom is -0.489 e. The summed E-state index contributed by atoms with van der Waals surface area (Å²) in [5.41, 5.74) is 0. The molecular formula is C19H29FIN3O3. The molecule has 0 amide bonds. The molecule has 1 aromatic rings. The van der Waals surface area contributed by atoms with E-state index >= 15 is 0 Å². The van der Waals surface area contributed by atoms with Crippen LogP contribution in [0.5, 0.6) is 5.75 Å². The molecule has 1 N–H and O–H groups in total. The Morgan fingerprint density at radius 3 is 2.70 bits per heavy atom. The molecule has 0 spiro atoms. The van der Waals surface area contributed by atoms with Gasteiger partial charge in [-0.05, 0) is 38.8 Å². The molecule has 8 heteroatoms. The number of carbonyl (C=O) groups is 1. The number of nitrogens with one attached hydrogen (secondary N) is 1. The Labute approximate surface area is 177 Å². The Balaban J connectivity index is 0.00000364. The van der Waals surface area contributed by atoms with E-state index in [9.17, 15) is 9.18 Å². The van der Waals surface area contributed by atoms with E-state index in [0.29, 0.717) is 12.3 Å². The lowest BCUT2D eigenvalue weighted by atomic mass is 9.97. The smallest absolute Gasteiger partial charge is 0.308 e. The van der Waals surface area contributed by atoms with Crippen LogP contribution >= 0.6 is 24.0 Å². The molecule has 0 aromatic heterocycles. The summed E-state index contributed by atoms with van der Waals surface area (Å²) in [7, 11) is 1.43. The van der Waals surface area contributed by atoms with Crippen molar-refractivity contribution >= 4 is 35.9 Å². The highest BCUT2D eigenvalue weighted by Crippen LogP contribution is 2.19. The van der Waals surface area contributed by atoms with Crippen molar-refractivity contribution in [1.29, 1.82) is 0 Å². The van der Waals surface area contributed by atoms with Crippen molar-refractivity contribution in [1.82, 2.24) is 10.2 Å². The van der Waals surface area contributed by atoms with Gasteiger partial charge in [0, 0.05) is 25.7 Å². The molecule has 1 unspecified atom stereocenters. The zero-order valence-corrected chi connectivity index (χ0v) is 18.4. The molecule has 0 bridgehead atoms. The van der Waals surface area contributed by atoms with E-state index in [1.807, 2.05) is 13.8 Å². The fourth-order valence-electron chi connectivity index (χ4n) is 2.94. The van der Waals surface area contributed by atoms with Gasteiger partial charge in [-0.25, -0.2) is 9.38 Å². The quantitative estimate of drug-likeness (QED) is 0.286. The number of aliphatic imine (C=N–C) groups is 1. The first kappa shape index (κ1) is 23.5. The summed E-state index contributed by atoms with van der Waals surface area (Å²) in [5.74, 6) is 0.820. The highest BCUT2D eigenvalue weighted by Gasteiger charge is 2.27. The second-order valence-corrected chi connectivity index (χ2v) is 6.36. The normalized spacial score (nSPS) is 16.3. The largest absolute Gasteiger partial charge is 0.489 e. The van der Waals surface area contributed by atoms with Crippen LogP contribution in [0.4, 0.5) is 4.39 Å². The standard InChI is InChI=1S/C19H28FN3O3.HI/c1-4-21-19(23-10-8-15(9-11-23)18(24)25-3)22-13-14(2)26-17-7-5-6-16(20)12-17;/h5-7,12,14-15H,4,8-11,13H2,1-3H3,(H,21,22);1H. The molecule has 0 aliphatic carbocycles. The van der Waals surface area contributed by atoms with Gasteiger partial charge in [0.2, 0.25) is 0 Å². The Morgan fingerprint density at radius 1 is 1.41 bits per heavy atom. The molecule has 1 saturated heterocycles. The number of halogens is 2. The number of ether oxygens (including phenoxy) is 2. The molecule has 152 valence electrons. The molecular weight excluding hydrogens is 464 g/mol. The maximum Gasteiger partial charge on any atom is 0.308 e. The summed E-state index contributed by atoms with van der Waals surface area (Å²) in [5, 5.41) is 3.28. The number of benzene rings is 1. The number of guanidine groups is 1. The topological polar surface area (TPSA) is 63.2 Å². The minimum absolute atomic E-state index is 0. The summed E-state index contributed by atoms with van der Waals surface area (Å²) < 4.78 is 23.8. The molecule has 0 radical (unpaired) electrons. The van der Waals surface area contributed by atoms with E-state index in [1.165, 1.54) is 19.2 Å². The minimum atomic E-state index is -0.319. The van der Waals surface area contributed by atoms with Crippen LogP contribution in [0.1, 0.15) is 26.7 Å². The highest BCUT2D eigenvalue weighted by atomic mass is 127. The fraction of sp³-hybridized carbons (Fsp3) is 0.579. The highest BCUT2D eigenvalue weighted by molar-refractivity contribution is 14.0. The summed E-state index contributed by atoms with van der Waals surface area (Å²) >= 11 is 0. The van der Waals surface area contributed by atoms with Crippen molar-refractivity contribution < 1.29 is 18.7 Å². The number of hydrogen-bond donors (Lipinski definition) is 1. The number of rotatable bonds is 6. The number of nitrogens with zero attached hydrogens (tertiary/aromatic N) is 2. The monoisotopic (exact) mass is 493 g/mol. The third-order valence-corrected chi connectivity index (χ3v) is 4.30. The number of likely N-dealkylation sites (tertiary alicyclic amines) is 1. The van der Waals surface area contributed by atoms with Gasteiger partial charge in [0.1, 0.15) is 17.7 Å². The third-order valence-electron chi connectivity index (χ3n) is 4.30. The van der Waals surface area contributed by atoms with Crippen LogP contribution in [-0.2, 0) is 9.53 Å². The first-order valence-electron chi connectivity index (χ1n) is 9.06. The summed E-state index contributed by atoms with van der Waals surface area (Å²) in [6.45, 7) is 6.64. The first-order valence-corrected chi connectivity index (χ1v) is 9.06. The molecule has 1 fully saturated rings. The Morgan fingerprint density at radius 2 is 2.11 bits per heavy atom. The van der Waals surface area contributed by atoms with Crippen molar-refractivity contribution in [2.24, 2.45) is 10.9 Å². The molecule has 1 aromatic carbocycles. The number of piperidine rings is 1. The van der Waals surface area contributed by atoms with Crippen LogP contribution in [0.15, 0.2) is 29.3 Å². The van der Waals surface area contributed by atoms with E-state index in [2.05, 4.69) is 15.2 Å². The Hall–Kier alpha value is -1.58. The van der Waals surface area contributed by atoms with E-state index in [4.69, 9.17) is 9.47 Å². The molecule has 0 saturated carbocycles. The summed E-state index contributed by atoms with van der Waals surface area (Å²) in [4.78, 5) is 18.4.